The van der Waals surface area contributed by atoms with E-state index in [1.165, 1.54) is 4.90 Å². The Kier molecular flexibility index (Phi) is 9.71. The van der Waals surface area contributed by atoms with Gasteiger partial charge in [0.2, 0.25) is 21.8 Å². The molecule has 0 aliphatic heterocycles. The minimum atomic E-state index is -3.78. The van der Waals surface area contributed by atoms with Crippen molar-refractivity contribution >= 4 is 27.5 Å². The Morgan fingerprint density at radius 3 is 2.20 bits per heavy atom. The van der Waals surface area contributed by atoms with Gasteiger partial charge in [-0.05, 0) is 62.9 Å². The summed E-state index contributed by atoms with van der Waals surface area (Å²) in [5.74, 6) is -0.152. The summed E-state index contributed by atoms with van der Waals surface area (Å²) in [7, 11) is -2.22. The van der Waals surface area contributed by atoms with Gasteiger partial charge in [-0.15, -0.1) is 0 Å². The van der Waals surface area contributed by atoms with Crippen LogP contribution in [0, 0.1) is 13.8 Å². The van der Waals surface area contributed by atoms with Crippen LogP contribution in [0.1, 0.15) is 43.9 Å². The van der Waals surface area contributed by atoms with Gasteiger partial charge in [0.05, 0.1) is 19.1 Å². The fourth-order valence-corrected chi connectivity index (χ4v) is 4.76. The molecule has 192 valence electrons. The SMILES string of the molecule is CC[C@@H](C)NC(=O)[C@H](C)N(Cc1cccc(OC)c1)C(=O)CN(c1c(C)cccc1C)S(C)(=O)=O. The maximum atomic E-state index is 13.7. The van der Waals surface area contributed by atoms with Crippen LogP contribution in [0.15, 0.2) is 42.5 Å². The van der Waals surface area contributed by atoms with Crippen LogP contribution in [0.3, 0.4) is 0 Å². The Hall–Kier alpha value is -3.07. The van der Waals surface area contributed by atoms with Crippen LogP contribution in [0.2, 0.25) is 0 Å². The van der Waals surface area contributed by atoms with E-state index in [4.69, 9.17) is 4.74 Å². The maximum absolute atomic E-state index is 13.7. The first-order valence-electron chi connectivity index (χ1n) is 11.7. The third-order valence-corrected chi connectivity index (χ3v) is 7.14. The van der Waals surface area contributed by atoms with E-state index in [2.05, 4.69) is 5.32 Å². The summed E-state index contributed by atoms with van der Waals surface area (Å²) in [4.78, 5) is 28.1. The van der Waals surface area contributed by atoms with Crippen molar-refractivity contribution in [1.29, 1.82) is 0 Å². The molecule has 2 rings (SSSR count). The monoisotopic (exact) mass is 503 g/mol. The van der Waals surface area contributed by atoms with Gasteiger partial charge in [0.25, 0.3) is 0 Å². The van der Waals surface area contributed by atoms with Crippen molar-refractivity contribution in [2.45, 2.75) is 59.7 Å². The highest BCUT2D eigenvalue weighted by Gasteiger charge is 2.31. The number of aryl methyl sites for hydroxylation is 2. The fraction of sp³-hybridized carbons (Fsp3) is 0.462. The number of rotatable bonds is 11. The number of para-hydroxylation sites is 1. The zero-order valence-corrected chi connectivity index (χ0v) is 22.5. The van der Waals surface area contributed by atoms with Crippen molar-refractivity contribution in [2.75, 3.05) is 24.2 Å². The zero-order chi connectivity index (χ0) is 26.3. The smallest absolute Gasteiger partial charge is 0.244 e. The van der Waals surface area contributed by atoms with Gasteiger partial charge in [-0.25, -0.2) is 8.42 Å². The Labute approximate surface area is 209 Å². The number of hydrogen-bond donors (Lipinski definition) is 1. The predicted octanol–water partition coefficient (Wildman–Crippen LogP) is 3.41. The number of hydrogen-bond acceptors (Lipinski definition) is 5. The lowest BCUT2D eigenvalue weighted by atomic mass is 10.1. The molecule has 0 saturated heterocycles. The number of carbonyl (C=O) groups is 2. The van der Waals surface area contributed by atoms with E-state index < -0.39 is 28.5 Å². The van der Waals surface area contributed by atoms with E-state index in [1.54, 1.807) is 58.2 Å². The number of sulfonamides is 1. The van der Waals surface area contributed by atoms with Crippen molar-refractivity contribution in [3.63, 3.8) is 0 Å². The minimum Gasteiger partial charge on any atom is -0.497 e. The quantitative estimate of drug-likeness (QED) is 0.507. The summed E-state index contributed by atoms with van der Waals surface area (Å²) in [6, 6.07) is 11.8. The maximum Gasteiger partial charge on any atom is 0.244 e. The topological polar surface area (TPSA) is 96.0 Å². The minimum absolute atomic E-state index is 0.0548. The van der Waals surface area contributed by atoms with Crippen LogP contribution in [-0.4, -0.2) is 57.1 Å². The Balaban J connectivity index is 2.46. The molecule has 0 heterocycles. The highest BCUT2D eigenvalue weighted by molar-refractivity contribution is 7.92. The molecule has 0 aromatic heterocycles. The molecule has 0 aliphatic rings. The van der Waals surface area contributed by atoms with E-state index in [1.807, 2.05) is 26.0 Å². The molecule has 1 N–H and O–H groups in total. The summed E-state index contributed by atoms with van der Waals surface area (Å²) >= 11 is 0. The van der Waals surface area contributed by atoms with Crippen LogP contribution in [-0.2, 0) is 26.2 Å². The van der Waals surface area contributed by atoms with Crippen molar-refractivity contribution in [1.82, 2.24) is 10.2 Å². The van der Waals surface area contributed by atoms with E-state index in [9.17, 15) is 18.0 Å². The van der Waals surface area contributed by atoms with Crippen LogP contribution in [0.4, 0.5) is 5.69 Å². The number of ether oxygens (including phenoxy) is 1. The summed E-state index contributed by atoms with van der Waals surface area (Å²) in [6.45, 7) is 8.82. The van der Waals surface area contributed by atoms with Crippen molar-refractivity contribution in [2.24, 2.45) is 0 Å². The van der Waals surface area contributed by atoms with Gasteiger partial charge in [-0.3, -0.25) is 13.9 Å². The molecule has 0 unspecified atom stereocenters. The number of carbonyl (C=O) groups excluding carboxylic acids is 2. The number of amides is 2. The number of methoxy groups -OCH3 is 1. The molecule has 0 radical (unpaired) electrons. The van der Waals surface area contributed by atoms with E-state index >= 15 is 0 Å². The standard InChI is InChI=1S/C26H37N3O5S/c1-8-20(4)27-26(31)21(5)28(16-22-13-10-14-23(15-22)34-6)24(30)17-29(35(7,32)33)25-18(2)11-9-12-19(25)3/h9-15,20-21H,8,16-17H2,1-7H3,(H,27,31)/t20-,21+/m1/s1. The molecule has 0 saturated carbocycles. The molecule has 2 aromatic rings. The summed E-state index contributed by atoms with van der Waals surface area (Å²) in [6.07, 6.45) is 1.83. The van der Waals surface area contributed by atoms with Gasteiger partial charge in [0.1, 0.15) is 18.3 Å². The number of benzene rings is 2. The highest BCUT2D eigenvalue weighted by Crippen LogP contribution is 2.27. The van der Waals surface area contributed by atoms with Gasteiger partial charge in [-0.1, -0.05) is 37.3 Å². The first-order valence-corrected chi connectivity index (χ1v) is 13.5. The zero-order valence-electron chi connectivity index (χ0n) is 21.7. The second-order valence-electron chi connectivity index (χ2n) is 8.88. The molecule has 0 fully saturated rings. The largest absolute Gasteiger partial charge is 0.497 e. The average molecular weight is 504 g/mol. The van der Waals surface area contributed by atoms with Crippen molar-refractivity contribution in [3.05, 3.63) is 59.2 Å². The first-order chi connectivity index (χ1) is 16.4. The predicted molar refractivity (Wildman–Crippen MR) is 139 cm³/mol. The summed E-state index contributed by atoms with van der Waals surface area (Å²) in [5, 5.41) is 2.92. The summed E-state index contributed by atoms with van der Waals surface area (Å²) in [5.41, 5.74) is 2.72. The normalized spacial score (nSPS) is 13.0. The van der Waals surface area contributed by atoms with Gasteiger partial charge >= 0.3 is 0 Å². The van der Waals surface area contributed by atoms with E-state index in [0.717, 1.165) is 33.7 Å². The molecular formula is C26H37N3O5S. The van der Waals surface area contributed by atoms with Gasteiger partial charge in [0, 0.05) is 12.6 Å². The van der Waals surface area contributed by atoms with E-state index in [-0.39, 0.29) is 18.5 Å². The second-order valence-corrected chi connectivity index (χ2v) is 10.8. The molecule has 2 atom stereocenters. The Bertz CT molecular complexity index is 1130. The van der Waals surface area contributed by atoms with Crippen LogP contribution in [0.5, 0.6) is 5.75 Å². The second kappa shape index (κ2) is 12.1. The number of anilines is 1. The lowest BCUT2D eigenvalue weighted by molar-refractivity contribution is -0.139. The average Bonchev–Trinajstić information content (AvgIpc) is 2.80. The highest BCUT2D eigenvalue weighted by atomic mass is 32.2. The number of nitrogens with one attached hydrogen (secondary N) is 1. The lowest BCUT2D eigenvalue weighted by Crippen LogP contribution is -2.52. The lowest BCUT2D eigenvalue weighted by Gasteiger charge is -2.33. The molecular weight excluding hydrogens is 466 g/mol. The van der Waals surface area contributed by atoms with Crippen LogP contribution in [0.25, 0.3) is 0 Å². The molecule has 0 bridgehead atoms. The van der Waals surface area contributed by atoms with Gasteiger partial charge < -0.3 is 15.0 Å². The first kappa shape index (κ1) is 28.2. The van der Waals surface area contributed by atoms with Gasteiger partial charge in [0.15, 0.2) is 0 Å². The molecule has 8 nitrogen and oxygen atoms in total. The number of nitrogens with zero attached hydrogens (tertiary/aromatic N) is 2. The van der Waals surface area contributed by atoms with Crippen LogP contribution >= 0.6 is 0 Å². The Morgan fingerprint density at radius 2 is 1.66 bits per heavy atom. The fourth-order valence-electron chi connectivity index (χ4n) is 3.79. The van der Waals surface area contributed by atoms with Gasteiger partial charge in [-0.2, -0.15) is 0 Å². The molecule has 0 aliphatic carbocycles. The molecule has 35 heavy (non-hydrogen) atoms. The van der Waals surface area contributed by atoms with E-state index in [0.29, 0.717) is 11.4 Å². The molecule has 9 heteroatoms. The Morgan fingerprint density at radius 1 is 1.06 bits per heavy atom. The molecule has 0 spiro atoms. The van der Waals surface area contributed by atoms with Crippen molar-refractivity contribution in [3.8, 4) is 5.75 Å². The van der Waals surface area contributed by atoms with Crippen LogP contribution < -0.4 is 14.4 Å². The third-order valence-electron chi connectivity index (χ3n) is 6.02. The summed E-state index contributed by atoms with van der Waals surface area (Å²) < 4.78 is 32.0. The van der Waals surface area contributed by atoms with Crippen molar-refractivity contribution < 1.29 is 22.7 Å². The third kappa shape index (κ3) is 7.45. The molecule has 2 aromatic carbocycles. The molecule has 2 amide bonds.